The van der Waals surface area contributed by atoms with Crippen LogP contribution in [0.1, 0.15) is 0 Å². The largest absolute Gasteiger partial charge is 0.616 e. The van der Waals surface area contributed by atoms with Crippen molar-refractivity contribution < 1.29 is 12.3 Å². The third kappa shape index (κ3) is 6.74. The Morgan fingerprint density at radius 2 is 1.71 bits per heavy atom. The average molecular weight is 240 g/mol. The van der Waals surface area contributed by atoms with Gasteiger partial charge < -0.3 is 0 Å². The molecule has 0 heterocycles. The van der Waals surface area contributed by atoms with E-state index in [9.17, 15) is 12.3 Å². The first-order valence-electron chi connectivity index (χ1n) is 1.69. The van der Waals surface area contributed by atoms with Crippen LogP contribution < -0.4 is 0 Å². The van der Waals surface area contributed by atoms with E-state index in [1.54, 1.807) is 22.6 Å². The lowest BCUT2D eigenvalue weighted by molar-refractivity contribution is 0.474. The molecule has 0 fully saturated rings. The number of hydrogen-bond acceptors (Lipinski definition) is 0. The van der Waals surface area contributed by atoms with Crippen LogP contribution in [0, 0.1) is 0 Å². The summed E-state index contributed by atoms with van der Waals surface area (Å²) in [6, 6.07) is -0.534. The maximum Gasteiger partial charge on any atom is 0.616 e. The van der Waals surface area contributed by atoms with Gasteiger partial charge in [0.1, 0.15) is 0 Å². The lowest BCUT2D eigenvalue weighted by Gasteiger charge is -1.94. The predicted octanol–water partition coefficient (Wildman–Crippen LogP) is 2.27. The molecule has 0 aliphatic rings. The van der Waals surface area contributed by atoms with E-state index in [4.69, 9.17) is 0 Å². The summed E-state index contributed by atoms with van der Waals surface area (Å²) in [5.74, 6) is 0. The number of hydrogen-bond donors (Lipinski definition) is 0. The second-order valence-electron chi connectivity index (χ2n) is 1.05. The third-order valence-electron chi connectivity index (χ3n) is 0.378. The Morgan fingerprint density at radius 3 is 1.71 bits per heavy atom. The molecule has 0 radical (unpaired) electrons. The predicted molar refractivity (Wildman–Crippen MR) is 32.8 cm³/mol. The summed E-state index contributed by atoms with van der Waals surface area (Å²) in [5.41, 5.74) is 0. The molecule has 5 heteroatoms. The number of rotatable bonds is 2. The number of halogens is 4. The highest BCUT2D eigenvalue weighted by atomic mass is 127. The van der Waals surface area contributed by atoms with Crippen LogP contribution in [0.5, 0.6) is 0 Å². The van der Waals surface area contributed by atoms with Crippen molar-refractivity contribution in [3.8, 4) is 0 Å². The quantitative estimate of drug-likeness (QED) is 0.300. The van der Waals surface area contributed by atoms with E-state index in [-0.39, 0.29) is 4.43 Å². The van der Waals surface area contributed by atoms with Crippen molar-refractivity contribution in [2.45, 2.75) is 6.04 Å². The zero-order valence-corrected chi connectivity index (χ0v) is 6.58. The highest BCUT2D eigenvalue weighted by Gasteiger charge is 2.34. The highest BCUT2D eigenvalue weighted by molar-refractivity contribution is 14.1. The maximum absolute atomic E-state index is 11.2. The normalized spacial score (nSPS) is 12.0. The first-order valence-corrected chi connectivity index (χ1v) is 5.05. The van der Waals surface area contributed by atoms with Crippen LogP contribution >= 0.6 is 22.6 Å². The summed E-state index contributed by atoms with van der Waals surface area (Å²) in [4.78, 5) is 0. The van der Waals surface area contributed by atoms with Gasteiger partial charge >= 0.3 is 9.08 Å². The van der Waals surface area contributed by atoms with Gasteiger partial charge in [-0.25, -0.2) is 12.3 Å². The molecule has 0 rings (SSSR count). The summed E-state index contributed by atoms with van der Waals surface area (Å²) >= 11 is 1.73. The second-order valence-corrected chi connectivity index (χ2v) is 3.86. The van der Waals surface area contributed by atoms with E-state index in [0.717, 1.165) is 0 Å². The van der Waals surface area contributed by atoms with E-state index in [1.165, 1.54) is 0 Å². The van der Waals surface area contributed by atoms with E-state index in [1.807, 2.05) is 0 Å². The van der Waals surface area contributed by atoms with Crippen LogP contribution in [-0.4, -0.2) is 13.5 Å². The Morgan fingerprint density at radius 1 is 1.29 bits per heavy atom. The summed E-state index contributed by atoms with van der Waals surface area (Å²) < 4.78 is 33.8. The van der Waals surface area contributed by atoms with Gasteiger partial charge in [-0.2, -0.15) is 0 Å². The van der Waals surface area contributed by atoms with Gasteiger partial charge in [0.15, 0.2) is 0 Å². The van der Waals surface area contributed by atoms with Crippen LogP contribution in [0.15, 0.2) is 0 Å². The van der Waals surface area contributed by atoms with Crippen molar-refractivity contribution >= 4 is 31.7 Å². The Balaban J connectivity index is 3.15. The zero-order valence-electron chi connectivity index (χ0n) is 3.43. The molecule has 0 aromatic carbocycles. The number of alkyl halides is 1. The Kier molecular flexibility index (Phi) is 3.21. The van der Waals surface area contributed by atoms with Gasteiger partial charge in [0, 0.05) is 10.5 Å². The topological polar surface area (TPSA) is 0 Å². The van der Waals surface area contributed by atoms with Gasteiger partial charge in [-0.1, -0.05) is 22.6 Å². The van der Waals surface area contributed by atoms with Crippen LogP contribution in [-0.2, 0) is 0 Å². The van der Waals surface area contributed by atoms with Crippen molar-refractivity contribution in [3.05, 3.63) is 0 Å². The molecule has 0 aliphatic heterocycles. The van der Waals surface area contributed by atoms with Gasteiger partial charge in [-0.15, -0.1) is 0 Å². The van der Waals surface area contributed by atoms with Crippen LogP contribution in [0.25, 0.3) is 0 Å². The van der Waals surface area contributed by atoms with Crippen molar-refractivity contribution in [1.29, 1.82) is 0 Å². The molecule has 44 valence electrons. The minimum atomic E-state index is -5.16. The summed E-state index contributed by atoms with van der Waals surface area (Å²) in [5, 5.41) is 0. The third-order valence-corrected chi connectivity index (χ3v) is 2.75. The van der Waals surface area contributed by atoms with Crippen molar-refractivity contribution in [3.63, 3.8) is 0 Å². The Bertz CT molecular complexity index is 51.4. The average Bonchev–Trinajstić information content (AvgIpc) is 1.30. The minimum Gasteiger partial charge on any atom is -0.238 e. The van der Waals surface area contributed by atoms with E-state index < -0.39 is 15.1 Å². The first-order chi connectivity index (χ1) is 3.06. The van der Waals surface area contributed by atoms with Gasteiger partial charge in [0.05, 0.1) is 0 Å². The van der Waals surface area contributed by atoms with E-state index in [2.05, 4.69) is 0 Å². The molecule has 0 amide bonds. The monoisotopic (exact) mass is 240 g/mol. The molecule has 0 unspecified atom stereocenters. The molecule has 7 heavy (non-hydrogen) atoms. The van der Waals surface area contributed by atoms with E-state index >= 15 is 0 Å². The Hall–Kier alpha value is 0.737. The fourth-order valence-corrected chi connectivity index (χ4v) is 2.16. The molecule has 0 N–H and O–H groups in total. The fourth-order valence-electron chi connectivity index (χ4n) is 0.107. The van der Waals surface area contributed by atoms with Crippen LogP contribution in [0.4, 0.5) is 12.3 Å². The minimum absolute atomic E-state index is 0.216. The first kappa shape index (κ1) is 7.74. The molecular weight excluding hydrogens is 236 g/mol. The van der Waals surface area contributed by atoms with Gasteiger partial charge in [0.25, 0.3) is 0 Å². The summed E-state index contributed by atoms with van der Waals surface area (Å²) in [6.45, 7) is 0. The molecule has 0 aliphatic carbocycles. The van der Waals surface area contributed by atoms with E-state index in [0.29, 0.717) is 0 Å². The molecule has 0 atom stereocenters. The zero-order chi connectivity index (χ0) is 5.91. The second kappa shape index (κ2) is 2.90. The molecular formula is C2H4F3ISi. The lowest BCUT2D eigenvalue weighted by Crippen LogP contribution is -2.13. The standard InChI is InChI=1S/C2H4F3ISi/c3-7(4,5)2-1-6/h1-2H2. The van der Waals surface area contributed by atoms with Gasteiger partial charge in [-0.3, -0.25) is 0 Å². The molecule has 0 saturated carbocycles. The van der Waals surface area contributed by atoms with Crippen molar-refractivity contribution in [2.24, 2.45) is 0 Å². The summed E-state index contributed by atoms with van der Waals surface area (Å²) in [6.07, 6.45) is 0. The van der Waals surface area contributed by atoms with Gasteiger partial charge in [0.2, 0.25) is 0 Å². The molecule has 0 aromatic rings. The van der Waals surface area contributed by atoms with Crippen molar-refractivity contribution in [2.75, 3.05) is 4.43 Å². The molecule has 0 aromatic heterocycles. The maximum atomic E-state index is 11.2. The molecule has 0 spiro atoms. The molecule has 0 nitrogen and oxygen atoms in total. The lowest BCUT2D eigenvalue weighted by atomic mass is 11.0. The van der Waals surface area contributed by atoms with Crippen LogP contribution in [0.2, 0.25) is 6.04 Å². The van der Waals surface area contributed by atoms with Gasteiger partial charge in [-0.05, 0) is 0 Å². The summed E-state index contributed by atoms with van der Waals surface area (Å²) in [7, 11) is -5.16. The molecule has 0 bridgehead atoms. The Labute approximate surface area is 54.8 Å². The highest BCUT2D eigenvalue weighted by Crippen LogP contribution is 2.15. The molecule has 0 saturated heterocycles. The smallest absolute Gasteiger partial charge is 0.238 e. The van der Waals surface area contributed by atoms with Crippen LogP contribution in [0.3, 0.4) is 0 Å². The fraction of sp³-hybridized carbons (Fsp3) is 1.00. The van der Waals surface area contributed by atoms with Crippen molar-refractivity contribution in [1.82, 2.24) is 0 Å². The SMILES string of the molecule is F[Si](F)(F)CCI.